The number of sulfonamides is 1. The van der Waals surface area contributed by atoms with Gasteiger partial charge in [0.05, 0.1) is 0 Å². The summed E-state index contributed by atoms with van der Waals surface area (Å²) < 4.78 is 74.3. The molecule has 40 heavy (non-hydrogen) atoms. The zero-order valence-corrected chi connectivity index (χ0v) is 22.6. The summed E-state index contributed by atoms with van der Waals surface area (Å²) in [6, 6.07) is 21.9. The van der Waals surface area contributed by atoms with Crippen molar-refractivity contribution < 1.29 is 35.9 Å². The van der Waals surface area contributed by atoms with Gasteiger partial charge in [-0.05, 0) is 73.4 Å². The van der Waals surface area contributed by atoms with E-state index in [-0.39, 0.29) is 11.4 Å². The zero-order chi connectivity index (χ0) is 29.3. The minimum atomic E-state index is -5.08. The SMILES string of the molecule is CN1CCC(NCc2cccc(-c3ccc(S(=O)(=O)NCc4ccccc4)c(F)c3)c2)CC1.O=C(O)C(F)(F)F. The van der Waals surface area contributed by atoms with Crippen LogP contribution in [0, 0.1) is 5.82 Å². The molecule has 1 fully saturated rings. The minimum Gasteiger partial charge on any atom is -0.475 e. The fraction of sp³-hybridized carbons (Fsp3) is 0.321. The van der Waals surface area contributed by atoms with E-state index in [1.807, 2.05) is 54.6 Å². The number of alkyl halides is 3. The molecule has 0 aliphatic carbocycles. The summed E-state index contributed by atoms with van der Waals surface area (Å²) in [5.41, 5.74) is 3.44. The van der Waals surface area contributed by atoms with Crippen LogP contribution in [-0.4, -0.2) is 56.7 Å². The van der Waals surface area contributed by atoms with Crippen LogP contribution in [0.1, 0.15) is 24.0 Å². The topological polar surface area (TPSA) is 98.7 Å². The fourth-order valence-electron chi connectivity index (χ4n) is 4.09. The Morgan fingerprint density at radius 1 is 0.925 bits per heavy atom. The number of halogens is 4. The van der Waals surface area contributed by atoms with Crippen LogP contribution in [0.2, 0.25) is 0 Å². The van der Waals surface area contributed by atoms with E-state index in [9.17, 15) is 26.0 Å². The first-order valence-electron chi connectivity index (χ1n) is 12.5. The number of likely N-dealkylation sites (tertiary alicyclic amines) is 1. The Bertz CT molecular complexity index is 1380. The molecule has 216 valence electrons. The summed E-state index contributed by atoms with van der Waals surface area (Å²) in [6.45, 7) is 3.07. The average Bonchev–Trinajstić information content (AvgIpc) is 2.92. The van der Waals surface area contributed by atoms with Crippen LogP contribution >= 0.6 is 0 Å². The molecule has 0 bridgehead atoms. The summed E-state index contributed by atoms with van der Waals surface area (Å²) >= 11 is 0. The maximum absolute atomic E-state index is 14.8. The van der Waals surface area contributed by atoms with Crippen LogP contribution in [0.25, 0.3) is 11.1 Å². The molecule has 1 aliphatic rings. The molecule has 1 aliphatic heterocycles. The molecular formula is C28H31F4N3O4S. The van der Waals surface area contributed by atoms with Crippen molar-refractivity contribution in [1.82, 2.24) is 14.9 Å². The molecule has 0 spiro atoms. The third-order valence-corrected chi connectivity index (χ3v) is 7.78. The fourth-order valence-corrected chi connectivity index (χ4v) is 5.16. The highest BCUT2D eigenvalue weighted by Gasteiger charge is 2.38. The lowest BCUT2D eigenvalue weighted by atomic mass is 10.0. The number of carboxylic acid groups (broad SMARTS) is 1. The predicted molar refractivity (Wildman–Crippen MR) is 143 cm³/mol. The van der Waals surface area contributed by atoms with Crippen molar-refractivity contribution >= 4 is 16.0 Å². The van der Waals surface area contributed by atoms with Crippen LogP contribution in [0.5, 0.6) is 0 Å². The van der Waals surface area contributed by atoms with Gasteiger partial charge in [-0.1, -0.05) is 54.6 Å². The van der Waals surface area contributed by atoms with Gasteiger partial charge in [0.2, 0.25) is 10.0 Å². The van der Waals surface area contributed by atoms with Crippen LogP contribution < -0.4 is 10.0 Å². The average molecular weight is 582 g/mol. The van der Waals surface area contributed by atoms with Gasteiger partial charge >= 0.3 is 12.1 Å². The molecular weight excluding hydrogens is 550 g/mol. The molecule has 0 aromatic heterocycles. The molecule has 0 radical (unpaired) electrons. The number of hydrogen-bond acceptors (Lipinski definition) is 5. The number of benzene rings is 3. The number of nitrogens with one attached hydrogen (secondary N) is 2. The first kappa shape index (κ1) is 31.2. The van der Waals surface area contributed by atoms with Gasteiger partial charge in [0.15, 0.2) is 0 Å². The summed E-state index contributed by atoms with van der Waals surface area (Å²) in [4.78, 5) is 10.9. The second-order valence-electron chi connectivity index (χ2n) is 9.42. The zero-order valence-electron chi connectivity index (χ0n) is 21.8. The minimum absolute atomic E-state index is 0.108. The predicted octanol–water partition coefficient (Wildman–Crippen LogP) is 4.79. The lowest BCUT2D eigenvalue weighted by Crippen LogP contribution is -2.40. The van der Waals surface area contributed by atoms with E-state index in [4.69, 9.17) is 9.90 Å². The van der Waals surface area contributed by atoms with Crippen molar-refractivity contribution in [3.05, 3.63) is 89.7 Å². The number of nitrogens with zero attached hydrogens (tertiary/aromatic N) is 1. The smallest absolute Gasteiger partial charge is 0.475 e. The number of carbonyl (C=O) groups is 1. The molecule has 1 heterocycles. The number of rotatable bonds is 8. The summed E-state index contributed by atoms with van der Waals surface area (Å²) in [6.07, 6.45) is -2.81. The Labute approximate surface area is 230 Å². The van der Waals surface area contributed by atoms with Crippen molar-refractivity contribution in [2.75, 3.05) is 20.1 Å². The molecule has 0 atom stereocenters. The Morgan fingerprint density at radius 2 is 1.52 bits per heavy atom. The van der Waals surface area contributed by atoms with Crippen LogP contribution in [0.3, 0.4) is 0 Å². The quantitative estimate of drug-likeness (QED) is 0.331. The van der Waals surface area contributed by atoms with E-state index in [0.717, 1.165) is 49.2 Å². The highest BCUT2D eigenvalue weighted by atomic mass is 32.2. The maximum Gasteiger partial charge on any atom is 0.490 e. The highest BCUT2D eigenvalue weighted by molar-refractivity contribution is 7.89. The number of aliphatic carboxylic acids is 1. The van der Waals surface area contributed by atoms with Gasteiger partial charge in [-0.25, -0.2) is 22.3 Å². The van der Waals surface area contributed by atoms with Crippen molar-refractivity contribution in [2.45, 2.75) is 43.0 Å². The van der Waals surface area contributed by atoms with E-state index in [1.165, 1.54) is 12.1 Å². The summed E-state index contributed by atoms with van der Waals surface area (Å²) in [5.74, 6) is -3.52. The van der Waals surface area contributed by atoms with Crippen LogP contribution in [0.4, 0.5) is 17.6 Å². The Morgan fingerprint density at radius 3 is 2.12 bits per heavy atom. The second kappa shape index (κ2) is 13.8. The lowest BCUT2D eigenvalue weighted by Gasteiger charge is -2.29. The van der Waals surface area contributed by atoms with Gasteiger partial charge in [-0.2, -0.15) is 13.2 Å². The molecule has 0 saturated carbocycles. The largest absolute Gasteiger partial charge is 0.490 e. The van der Waals surface area contributed by atoms with Crippen molar-refractivity contribution in [1.29, 1.82) is 0 Å². The molecule has 1 saturated heterocycles. The van der Waals surface area contributed by atoms with Crippen molar-refractivity contribution in [3.63, 3.8) is 0 Å². The molecule has 3 aromatic carbocycles. The third-order valence-electron chi connectivity index (χ3n) is 6.35. The molecule has 3 aromatic rings. The van der Waals surface area contributed by atoms with Gasteiger partial charge in [0, 0.05) is 19.1 Å². The van der Waals surface area contributed by atoms with Gasteiger partial charge in [-0.15, -0.1) is 0 Å². The standard InChI is InChI=1S/C26H30FN3O2S.C2HF3O2/c1-30-14-12-24(13-15-30)28-18-21-8-5-9-22(16-21)23-10-11-26(25(27)17-23)33(31,32)29-19-20-6-3-2-4-7-20;3-2(4,5)1(6)7/h2-11,16-17,24,28-29H,12-15,18-19H2,1H3;(H,6,7). The molecule has 4 rings (SSSR count). The van der Waals surface area contributed by atoms with Crippen LogP contribution in [0.15, 0.2) is 77.7 Å². The molecule has 0 amide bonds. The van der Waals surface area contributed by atoms with Crippen molar-refractivity contribution in [2.24, 2.45) is 0 Å². The number of piperidine rings is 1. The third kappa shape index (κ3) is 9.40. The second-order valence-corrected chi connectivity index (χ2v) is 11.2. The number of hydrogen-bond donors (Lipinski definition) is 3. The first-order valence-corrected chi connectivity index (χ1v) is 14.0. The van der Waals surface area contributed by atoms with Gasteiger partial charge in [-0.3, -0.25) is 0 Å². The van der Waals surface area contributed by atoms with E-state index in [1.54, 1.807) is 6.07 Å². The Balaban J connectivity index is 0.000000559. The number of carboxylic acids is 1. The molecule has 3 N–H and O–H groups in total. The Hall–Kier alpha value is -3.32. The van der Waals surface area contributed by atoms with E-state index in [0.29, 0.717) is 11.6 Å². The summed E-state index contributed by atoms with van der Waals surface area (Å²) in [5, 5.41) is 10.7. The van der Waals surface area contributed by atoms with Crippen molar-refractivity contribution in [3.8, 4) is 11.1 Å². The highest BCUT2D eigenvalue weighted by Crippen LogP contribution is 2.25. The monoisotopic (exact) mass is 581 g/mol. The van der Waals surface area contributed by atoms with E-state index in [2.05, 4.69) is 22.0 Å². The van der Waals surface area contributed by atoms with Gasteiger partial charge in [0.1, 0.15) is 10.7 Å². The first-order chi connectivity index (χ1) is 18.8. The van der Waals surface area contributed by atoms with Crippen LogP contribution in [-0.2, 0) is 27.9 Å². The van der Waals surface area contributed by atoms with E-state index < -0.39 is 28.0 Å². The Kier molecular flexibility index (Phi) is 10.8. The van der Waals surface area contributed by atoms with Gasteiger partial charge < -0.3 is 15.3 Å². The molecule has 7 nitrogen and oxygen atoms in total. The summed E-state index contributed by atoms with van der Waals surface area (Å²) in [7, 11) is -1.81. The lowest BCUT2D eigenvalue weighted by molar-refractivity contribution is -0.192. The maximum atomic E-state index is 14.8. The molecule has 12 heteroatoms. The van der Waals surface area contributed by atoms with Gasteiger partial charge in [0.25, 0.3) is 0 Å². The molecule has 0 unspecified atom stereocenters. The normalized spacial score (nSPS) is 14.8. The van der Waals surface area contributed by atoms with E-state index >= 15 is 0 Å².